The van der Waals surface area contributed by atoms with Crippen molar-refractivity contribution in [3.8, 4) is 0 Å². The normalized spacial score (nSPS) is 12.6. The van der Waals surface area contributed by atoms with E-state index in [4.69, 9.17) is 10.2 Å². The van der Waals surface area contributed by atoms with Gasteiger partial charge in [-0.25, -0.2) is 9.59 Å². The summed E-state index contributed by atoms with van der Waals surface area (Å²) in [6.45, 7) is -0.301. The molecule has 1 atom stereocenters. The quantitative estimate of drug-likeness (QED) is 0.510. The number of alkyl halides is 3. The zero-order valence-corrected chi connectivity index (χ0v) is 9.66. The molecule has 0 aromatic rings. The maximum absolute atomic E-state index is 11.8. The third kappa shape index (κ3) is 9.68. The topological polar surface area (TPSA) is 116 Å². The standard InChI is InChI=1S/C9H13F3N2O5/c10-9(11,12)2-1-3-13-8(19)14-5(7(17)18)4-6(15)16/h5H,1-4H2,(H,15,16)(H,17,18)(H2,13,14,19)/t5-/m1/s1. The van der Waals surface area contributed by atoms with E-state index in [0.717, 1.165) is 0 Å². The second kappa shape index (κ2) is 7.44. The Morgan fingerprint density at radius 2 is 1.74 bits per heavy atom. The fraction of sp³-hybridized carbons (Fsp3) is 0.667. The van der Waals surface area contributed by atoms with Crippen molar-refractivity contribution in [1.82, 2.24) is 10.6 Å². The number of hydrogen-bond donors (Lipinski definition) is 4. The van der Waals surface area contributed by atoms with Crippen molar-refractivity contribution in [1.29, 1.82) is 0 Å². The van der Waals surface area contributed by atoms with Gasteiger partial charge in [-0.1, -0.05) is 0 Å². The molecule has 0 aliphatic rings. The molecule has 0 aliphatic carbocycles. The van der Waals surface area contributed by atoms with Crippen molar-refractivity contribution in [2.24, 2.45) is 0 Å². The highest BCUT2D eigenvalue weighted by atomic mass is 19.4. The number of amides is 2. The summed E-state index contributed by atoms with van der Waals surface area (Å²) in [4.78, 5) is 32.0. The lowest BCUT2D eigenvalue weighted by Gasteiger charge is -2.13. The molecule has 0 saturated heterocycles. The molecule has 0 rings (SSSR count). The Hall–Kier alpha value is -2.00. The molecule has 4 N–H and O–H groups in total. The number of urea groups is 1. The molecule has 0 aromatic heterocycles. The molecule has 0 heterocycles. The maximum Gasteiger partial charge on any atom is 0.389 e. The van der Waals surface area contributed by atoms with Crippen LogP contribution >= 0.6 is 0 Å². The van der Waals surface area contributed by atoms with Gasteiger partial charge in [-0.05, 0) is 6.42 Å². The molecule has 7 nitrogen and oxygen atoms in total. The lowest BCUT2D eigenvalue weighted by atomic mass is 10.2. The molecular formula is C9H13F3N2O5. The van der Waals surface area contributed by atoms with Gasteiger partial charge in [-0.15, -0.1) is 0 Å². The van der Waals surface area contributed by atoms with Crippen molar-refractivity contribution in [2.75, 3.05) is 6.54 Å². The number of carboxylic acids is 2. The summed E-state index contributed by atoms with van der Waals surface area (Å²) in [5.74, 6) is -2.97. The van der Waals surface area contributed by atoms with E-state index in [0.29, 0.717) is 0 Å². The first kappa shape index (κ1) is 17.0. The average molecular weight is 286 g/mol. The summed E-state index contributed by atoms with van der Waals surface area (Å²) in [6.07, 6.45) is -6.59. The van der Waals surface area contributed by atoms with Crippen LogP contribution in [-0.2, 0) is 9.59 Å². The van der Waals surface area contributed by atoms with Gasteiger partial charge in [-0.3, -0.25) is 4.79 Å². The van der Waals surface area contributed by atoms with Crippen molar-refractivity contribution < 1.29 is 37.8 Å². The smallest absolute Gasteiger partial charge is 0.389 e. The van der Waals surface area contributed by atoms with Crippen LogP contribution in [0.4, 0.5) is 18.0 Å². The first-order valence-electron chi connectivity index (χ1n) is 5.17. The number of aliphatic carboxylic acids is 2. The van der Waals surface area contributed by atoms with Gasteiger partial charge in [-0.2, -0.15) is 13.2 Å². The molecule has 0 aromatic carbocycles. The molecule has 0 bridgehead atoms. The predicted octanol–water partition coefficient (Wildman–Crippen LogP) is 0.556. The number of rotatable bonds is 7. The van der Waals surface area contributed by atoms with Crippen LogP contribution in [0, 0.1) is 0 Å². The minimum absolute atomic E-state index is 0.301. The van der Waals surface area contributed by atoms with Gasteiger partial charge in [0, 0.05) is 13.0 Å². The molecule has 0 spiro atoms. The van der Waals surface area contributed by atoms with Gasteiger partial charge in [0.25, 0.3) is 0 Å². The Morgan fingerprint density at radius 3 is 2.16 bits per heavy atom. The van der Waals surface area contributed by atoms with Crippen LogP contribution in [0.25, 0.3) is 0 Å². The van der Waals surface area contributed by atoms with Crippen LogP contribution in [0.5, 0.6) is 0 Å². The summed E-state index contributed by atoms with van der Waals surface area (Å²) in [6, 6.07) is -2.67. The van der Waals surface area contributed by atoms with Gasteiger partial charge in [0.1, 0.15) is 6.04 Å². The van der Waals surface area contributed by atoms with E-state index in [1.807, 2.05) is 10.6 Å². The number of carbonyl (C=O) groups excluding carboxylic acids is 1. The highest BCUT2D eigenvalue weighted by Crippen LogP contribution is 2.20. The lowest BCUT2D eigenvalue weighted by molar-refractivity contribution is -0.145. The fourth-order valence-corrected chi connectivity index (χ4v) is 1.07. The molecule has 0 aliphatic heterocycles. The van der Waals surface area contributed by atoms with E-state index in [1.165, 1.54) is 0 Å². The summed E-state index contributed by atoms with van der Waals surface area (Å²) in [7, 11) is 0. The van der Waals surface area contributed by atoms with Crippen molar-refractivity contribution >= 4 is 18.0 Å². The minimum Gasteiger partial charge on any atom is -0.481 e. The second-order valence-corrected chi connectivity index (χ2v) is 3.61. The van der Waals surface area contributed by atoms with Crippen molar-refractivity contribution in [2.45, 2.75) is 31.5 Å². The van der Waals surface area contributed by atoms with Crippen molar-refractivity contribution in [3.63, 3.8) is 0 Å². The predicted molar refractivity (Wildman–Crippen MR) is 55.5 cm³/mol. The Kier molecular flexibility index (Phi) is 6.66. The monoisotopic (exact) mass is 286 g/mol. The first-order chi connectivity index (χ1) is 8.61. The van der Waals surface area contributed by atoms with E-state index in [9.17, 15) is 27.6 Å². The van der Waals surface area contributed by atoms with Crippen LogP contribution in [-0.4, -0.2) is 46.9 Å². The number of halogens is 3. The molecule has 110 valence electrons. The molecule has 0 unspecified atom stereocenters. The third-order valence-electron chi connectivity index (χ3n) is 1.90. The Labute approximate surface area is 105 Å². The van der Waals surface area contributed by atoms with Gasteiger partial charge in [0.15, 0.2) is 0 Å². The minimum atomic E-state index is -4.33. The molecule has 10 heteroatoms. The Bertz CT molecular complexity index is 345. The zero-order chi connectivity index (χ0) is 15.1. The van der Waals surface area contributed by atoms with E-state index in [1.54, 1.807) is 0 Å². The molecular weight excluding hydrogens is 273 g/mol. The summed E-state index contributed by atoms with van der Waals surface area (Å²) >= 11 is 0. The molecule has 19 heavy (non-hydrogen) atoms. The second-order valence-electron chi connectivity index (χ2n) is 3.61. The van der Waals surface area contributed by atoms with E-state index in [2.05, 4.69) is 0 Å². The van der Waals surface area contributed by atoms with E-state index in [-0.39, 0.29) is 13.0 Å². The average Bonchev–Trinajstić information content (AvgIpc) is 2.21. The number of carboxylic acid groups (broad SMARTS) is 2. The molecule has 0 saturated carbocycles. The van der Waals surface area contributed by atoms with Gasteiger partial charge in [0.2, 0.25) is 0 Å². The number of hydrogen-bond acceptors (Lipinski definition) is 3. The SMILES string of the molecule is O=C(O)C[C@@H](NC(=O)NCCCC(F)(F)F)C(=O)O. The number of carbonyl (C=O) groups is 3. The van der Waals surface area contributed by atoms with Gasteiger partial charge < -0.3 is 20.8 Å². The molecule has 0 fully saturated rings. The fourth-order valence-electron chi connectivity index (χ4n) is 1.07. The molecule has 0 radical (unpaired) electrons. The van der Waals surface area contributed by atoms with Crippen molar-refractivity contribution in [3.05, 3.63) is 0 Å². The van der Waals surface area contributed by atoms with E-state index < -0.39 is 43.0 Å². The van der Waals surface area contributed by atoms with Crippen LogP contribution in [0.1, 0.15) is 19.3 Å². The summed E-state index contributed by atoms with van der Waals surface area (Å²) in [5, 5.41) is 20.8. The summed E-state index contributed by atoms with van der Waals surface area (Å²) in [5.41, 5.74) is 0. The zero-order valence-electron chi connectivity index (χ0n) is 9.66. The lowest BCUT2D eigenvalue weighted by Crippen LogP contribution is -2.47. The Morgan fingerprint density at radius 1 is 1.16 bits per heavy atom. The first-order valence-corrected chi connectivity index (χ1v) is 5.17. The van der Waals surface area contributed by atoms with Gasteiger partial charge >= 0.3 is 24.1 Å². The Balaban J connectivity index is 4.00. The van der Waals surface area contributed by atoms with Crippen LogP contribution in [0.3, 0.4) is 0 Å². The largest absolute Gasteiger partial charge is 0.481 e. The highest BCUT2D eigenvalue weighted by molar-refractivity contribution is 5.86. The highest BCUT2D eigenvalue weighted by Gasteiger charge is 2.26. The van der Waals surface area contributed by atoms with Crippen LogP contribution in [0.15, 0.2) is 0 Å². The van der Waals surface area contributed by atoms with Gasteiger partial charge in [0.05, 0.1) is 6.42 Å². The van der Waals surface area contributed by atoms with Crippen LogP contribution in [0.2, 0.25) is 0 Å². The summed E-state index contributed by atoms with van der Waals surface area (Å²) < 4.78 is 35.3. The third-order valence-corrected chi connectivity index (χ3v) is 1.90. The number of nitrogens with one attached hydrogen (secondary N) is 2. The van der Waals surface area contributed by atoms with Crippen LogP contribution < -0.4 is 10.6 Å². The van der Waals surface area contributed by atoms with E-state index >= 15 is 0 Å². The maximum atomic E-state index is 11.8. The molecule has 2 amide bonds.